The van der Waals surface area contributed by atoms with Crippen molar-refractivity contribution >= 4 is 16.7 Å². The average molecular weight is 263 g/mol. The van der Waals surface area contributed by atoms with Crippen LogP contribution in [0.15, 0.2) is 24.3 Å². The van der Waals surface area contributed by atoms with Crippen molar-refractivity contribution in [2.45, 2.75) is 31.7 Å². The minimum absolute atomic E-state index is 0.0284. The molecule has 3 rings (SSSR count). The topological polar surface area (TPSA) is 37.8 Å². The molecule has 94 valence electrons. The van der Waals surface area contributed by atoms with Gasteiger partial charge in [0.1, 0.15) is 11.6 Å². The van der Waals surface area contributed by atoms with E-state index in [1.165, 1.54) is 30.4 Å². The molecule has 0 saturated heterocycles. The number of anilines is 1. The molecule has 0 spiro atoms. The molecule has 1 unspecified atom stereocenters. The Balaban J connectivity index is 1.70. The van der Waals surface area contributed by atoms with Gasteiger partial charge >= 0.3 is 0 Å². The van der Waals surface area contributed by atoms with Crippen molar-refractivity contribution in [1.29, 1.82) is 0 Å². The molecule has 1 saturated carbocycles. The molecular weight excluding hydrogens is 249 g/mol. The summed E-state index contributed by atoms with van der Waals surface area (Å²) in [6.07, 6.45) is 2.41. The molecule has 5 heteroatoms. The highest BCUT2D eigenvalue weighted by Gasteiger charge is 2.27. The minimum atomic E-state index is -0.211. The molecule has 1 atom stereocenters. The molecule has 1 N–H and O–H groups in total. The Morgan fingerprint density at radius 3 is 3.00 bits per heavy atom. The fraction of sp³-hybridized carbons (Fsp3) is 0.385. The Morgan fingerprint density at radius 1 is 1.44 bits per heavy atom. The Labute approximate surface area is 109 Å². The van der Waals surface area contributed by atoms with Crippen molar-refractivity contribution in [3.8, 4) is 0 Å². The van der Waals surface area contributed by atoms with Gasteiger partial charge < -0.3 is 5.32 Å². The third kappa shape index (κ3) is 2.51. The summed E-state index contributed by atoms with van der Waals surface area (Å²) in [5.74, 6) is 1.31. The lowest BCUT2D eigenvalue weighted by Crippen LogP contribution is -2.06. The first-order chi connectivity index (χ1) is 8.72. The van der Waals surface area contributed by atoms with Crippen molar-refractivity contribution in [1.82, 2.24) is 9.36 Å². The molecule has 0 aliphatic heterocycles. The van der Waals surface area contributed by atoms with E-state index in [0.717, 1.165) is 16.5 Å². The Bertz CT molecular complexity index is 551. The molecule has 0 amide bonds. The van der Waals surface area contributed by atoms with Crippen LogP contribution in [0.3, 0.4) is 0 Å². The number of nitrogens with one attached hydrogen (secondary N) is 1. The third-order valence-corrected chi connectivity index (χ3v) is 3.73. The number of rotatable bonds is 4. The summed E-state index contributed by atoms with van der Waals surface area (Å²) < 4.78 is 17.5. The van der Waals surface area contributed by atoms with Gasteiger partial charge in [0, 0.05) is 17.5 Å². The zero-order chi connectivity index (χ0) is 12.5. The van der Waals surface area contributed by atoms with Gasteiger partial charge in [0.2, 0.25) is 5.13 Å². The van der Waals surface area contributed by atoms with E-state index < -0.39 is 0 Å². The van der Waals surface area contributed by atoms with Gasteiger partial charge in [-0.2, -0.15) is 4.37 Å². The first-order valence-electron chi connectivity index (χ1n) is 6.08. The highest BCUT2D eigenvalue weighted by Crippen LogP contribution is 2.39. The number of halogens is 1. The molecular formula is C13H14FN3S. The highest BCUT2D eigenvalue weighted by molar-refractivity contribution is 7.09. The van der Waals surface area contributed by atoms with Crippen LogP contribution >= 0.6 is 11.5 Å². The van der Waals surface area contributed by atoms with Gasteiger partial charge in [-0.05, 0) is 37.5 Å². The summed E-state index contributed by atoms with van der Waals surface area (Å²) in [6, 6.07) is 6.65. The van der Waals surface area contributed by atoms with Crippen LogP contribution < -0.4 is 5.32 Å². The Kier molecular flexibility index (Phi) is 2.99. The average Bonchev–Trinajstić information content (AvgIpc) is 3.11. The summed E-state index contributed by atoms with van der Waals surface area (Å²) in [4.78, 5) is 4.46. The van der Waals surface area contributed by atoms with E-state index >= 15 is 0 Å². The molecule has 2 aromatic rings. The standard InChI is InChI=1S/C13H14FN3S/c1-8(10-3-2-4-11(14)7-10)15-13-16-12(17-18-13)9-5-6-9/h2-4,7-9H,5-6H2,1H3,(H,15,16,17). The maximum atomic E-state index is 13.1. The molecule has 1 heterocycles. The maximum Gasteiger partial charge on any atom is 0.203 e. The smallest absolute Gasteiger partial charge is 0.203 e. The minimum Gasteiger partial charge on any atom is -0.354 e. The summed E-state index contributed by atoms with van der Waals surface area (Å²) in [7, 11) is 0. The normalized spacial score (nSPS) is 16.6. The highest BCUT2D eigenvalue weighted by atomic mass is 32.1. The fourth-order valence-corrected chi connectivity index (χ4v) is 2.58. The lowest BCUT2D eigenvalue weighted by atomic mass is 10.1. The van der Waals surface area contributed by atoms with Gasteiger partial charge in [-0.15, -0.1) is 0 Å². The summed E-state index contributed by atoms with van der Waals surface area (Å²) in [5.41, 5.74) is 0.915. The zero-order valence-corrected chi connectivity index (χ0v) is 10.9. The summed E-state index contributed by atoms with van der Waals surface area (Å²) in [5, 5.41) is 4.08. The van der Waals surface area contributed by atoms with Crippen molar-refractivity contribution < 1.29 is 4.39 Å². The largest absolute Gasteiger partial charge is 0.354 e. The second-order valence-electron chi connectivity index (χ2n) is 4.65. The maximum absolute atomic E-state index is 13.1. The number of hydrogen-bond donors (Lipinski definition) is 1. The van der Waals surface area contributed by atoms with Crippen LogP contribution in [0, 0.1) is 5.82 Å². The molecule has 1 aromatic carbocycles. The zero-order valence-electron chi connectivity index (χ0n) is 10.1. The van der Waals surface area contributed by atoms with E-state index in [1.54, 1.807) is 12.1 Å². The van der Waals surface area contributed by atoms with E-state index in [2.05, 4.69) is 14.7 Å². The summed E-state index contributed by atoms with van der Waals surface area (Å²) in [6.45, 7) is 1.99. The number of hydrogen-bond acceptors (Lipinski definition) is 4. The molecule has 18 heavy (non-hydrogen) atoms. The van der Waals surface area contributed by atoms with Crippen LogP contribution in [0.25, 0.3) is 0 Å². The molecule has 1 aliphatic carbocycles. The van der Waals surface area contributed by atoms with Crippen LogP contribution in [0.4, 0.5) is 9.52 Å². The van der Waals surface area contributed by atoms with Gasteiger partial charge in [0.05, 0.1) is 6.04 Å². The lowest BCUT2D eigenvalue weighted by molar-refractivity contribution is 0.623. The van der Waals surface area contributed by atoms with Gasteiger partial charge in [-0.25, -0.2) is 9.37 Å². The quantitative estimate of drug-likeness (QED) is 0.913. The second-order valence-corrected chi connectivity index (χ2v) is 5.40. The first kappa shape index (κ1) is 11.6. The van der Waals surface area contributed by atoms with Crippen molar-refractivity contribution in [3.05, 3.63) is 41.5 Å². The van der Waals surface area contributed by atoms with Crippen LogP contribution in [-0.4, -0.2) is 9.36 Å². The van der Waals surface area contributed by atoms with E-state index in [-0.39, 0.29) is 11.9 Å². The van der Waals surface area contributed by atoms with Crippen LogP contribution in [-0.2, 0) is 0 Å². The molecule has 1 aromatic heterocycles. The van der Waals surface area contributed by atoms with Crippen molar-refractivity contribution in [2.24, 2.45) is 0 Å². The first-order valence-corrected chi connectivity index (χ1v) is 6.85. The predicted octanol–water partition coefficient (Wildman–Crippen LogP) is 3.73. The molecule has 3 nitrogen and oxygen atoms in total. The fourth-order valence-electron chi connectivity index (χ4n) is 1.85. The SMILES string of the molecule is CC(Nc1nc(C2CC2)ns1)c1cccc(F)c1. The monoisotopic (exact) mass is 263 g/mol. The molecule has 1 aliphatic rings. The predicted molar refractivity (Wildman–Crippen MR) is 70.3 cm³/mol. The second kappa shape index (κ2) is 4.65. The van der Waals surface area contributed by atoms with Crippen LogP contribution in [0.5, 0.6) is 0 Å². The van der Waals surface area contributed by atoms with Crippen molar-refractivity contribution in [2.75, 3.05) is 5.32 Å². The van der Waals surface area contributed by atoms with Crippen LogP contribution in [0.2, 0.25) is 0 Å². The van der Waals surface area contributed by atoms with Gasteiger partial charge in [-0.3, -0.25) is 0 Å². The van der Waals surface area contributed by atoms with E-state index in [9.17, 15) is 4.39 Å². The van der Waals surface area contributed by atoms with E-state index in [0.29, 0.717) is 5.92 Å². The van der Waals surface area contributed by atoms with Gasteiger partial charge in [-0.1, -0.05) is 12.1 Å². The van der Waals surface area contributed by atoms with Gasteiger partial charge in [0.15, 0.2) is 0 Å². The molecule has 0 radical (unpaired) electrons. The van der Waals surface area contributed by atoms with Gasteiger partial charge in [0.25, 0.3) is 0 Å². The van der Waals surface area contributed by atoms with Crippen molar-refractivity contribution in [3.63, 3.8) is 0 Å². The van der Waals surface area contributed by atoms with E-state index in [4.69, 9.17) is 0 Å². The summed E-state index contributed by atoms with van der Waals surface area (Å²) >= 11 is 1.38. The van der Waals surface area contributed by atoms with Crippen LogP contribution in [0.1, 0.15) is 43.1 Å². The Hall–Kier alpha value is -1.49. The Morgan fingerprint density at radius 2 is 2.28 bits per heavy atom. The molecule has 1 fully saturated rings. The number of aromatic nitrogens is 2. The third-order valence-electron chi connectivity index (χ3n) is 3.07. The number of nitrogens with zero attached hydrogens (tertiary/aromatic N) is 2. The lowest BCUT2D eigenvalue weighted by Gasteiger charge is -2.12. The van der Waals surface area contributed by atoms with E-state index in [1.807, 2.05) is 13.0 Å². The molecule has 0 bridgehead atoms. The number of benzene rings is 1.